The fourth-order valence-electron chi connectivity index (χ4n) is 2.44. The summed E-state index contributed by atoms with van der Waals surface area (Å²) in [6.45, 7) is 1.03. The third-order valence-corrected chi connectivity index (χ3v) is 3.53. The van der Waals surface area contributed by atoms with Crippen LogP contribution in [0.2, 0.25) is 0 Å². The molecule has 1 aromatic carbocycles. The molecule has 7 heteroatoms. The summed E-state index contributed by atoms with van der Waals surface area (Å²) < 4.78 is 10.8. The van der Waals surface area contributed by atoms with Gasteiger partial charge in [0.25, 0.3) is 0 Å². The molecule has 1 heterocycles. The standard InChI is InChI=1S/C15H21NO6/c1-9(18)16-12-14(13(19)11(7-17)22-15(12)20)21-8-10-5-3-2-4-6-10/h2-6,11-15,17,19-20H,7-8H2,1H3,(H,16,18)/t11-,12-,13+,14+,15+/m0/s1. The molecule has 0 saturated carbocycles. The van der Waals surface area contributed by atoms with E-state index in [1.54, 1.807) is 0 Å². The molecule has 1 fully saturated rings. The van der Waals surface area contributed by atoms with Gasteiger partial charge >= 0.3 is 0 Å². The van der Waals surface area contributed by atoms with Crippen molar-refractivity contribution >= 4 is 5.91 Å². The molecule has 1 aliphatic rings. The molecule has 0 aromatic heterocycles. The zero-order valence-electron chi connectivity index (χ0n) is 12.3. The number of carbonyl (C=O) groups is 1. The van der Waals surface area contributed by atoms with Crippen LogP contribution in [0.1, 0.15) is 12.5 Å². The number of benzene rings is 1. The zero-order chi connectivity index (χ0) is 16.1. The van der Waals surface area contributed by atoms with Crippen molar-refractivity contribution in [3.05, 3.63) is 35.9 Å². The minimum atomic E-state index is -1.37. The van der Waals surface area contributed by atoms with Crippen molar-refractivity contribution in [1.29, 1.82) is 0 Å². The normalized spacial score (nSPS) is 31.7. The highest BCUT2D eigenvalue weighted by molar-refractivity contribution is 5.73. The lowest BCUT2D eigenvalue weighted by molar-refractivity contribution is -0.263. The lowest BCUT2D eigenvalue weighted by Gasteiger charge is -2.42. The predicted octanol–water partition coefficient (Wildman–Crippen LogP) is -0.853. The molecular formula is C15H21NO6. The van der Waals surface area contributed by atoms with Gasteiger partial charge in [0.1, 0.15) is 24.4 Å². The number of rotatable bonds is 5. The molecule has 0 radical (unpaired) electrons. The van der Waals surface area contributed by atoms with E-state index < -0.39 is 37.3 Å². The van der Waals surface area contributed by atoms with Gasteiger partial charge in [0.2, 0.25) is 5.91 Å². The first-order valence-corrected chi connectivity index (χ1v) is 7.08. The number of ether oxygens (including phenoxy) is 2. The van der Waals surface area contributed by atoms with E-state index in [2.05, 4.69) is 5.32 Å². The smallest absolute Gasteiger partial charge is 0.217 e. The van der Waals surface area contributed by atoms with Crippen LogP contribution in [-0.2, 0) is 20.9 Å². The third-order valence-electron chi connectivity index (χ3n) is 3.53. The van der Waals surface area contributed by atoms with E-state index in [0.717, 1.165) is 5.56 Å². The number of amides is 1. The monoisotopic (exact) mass is 311 g/mol. The Labute approximate surface area is 128 Å². The molecule has 0 bridgehead atoms. The van der Waals surface area contributed by atoms with E-state index in [4.69, 9.17) is 9.47 Å². The quantitative estimate of drug-likeness (QED) is 0.564. The Morgan fingerprint density at radius 2 is 2.00 bits per heavy atom. The molecule has 0 spiro atoms. The second kappa shape index (κ2) is 7.66. The van der Waals surface area contributed by atoms with Crippen molar-refractivity contribution in [3.8, 4) is 0 Å². The summed E-state index contributed by atoms with van der Waals surface area (Å²) in [5, 5.41) is 31.9. The average molecular weight is 311 g/mol. The van der Waals surface area contributed by atoms with Gasteiger partial charge in [-0.25, -0.2) is 0 Å². The minimum absolute atomic E-state index is 0.198. The van der Waals surface area contributed by atoms with Crippen LogP contribution in [-0.4, -0.2) is 58.5 Å². The summed E-state index contributed by atoms with van der Waals surface area (Å²) in [6.07, 6.45) is -4.41. The molecular weight excluding hydrogens is 290 g/mol. The van der Waals surface area contributed by atoms with E-state index in [1.165, 1.54) is 6.92 Å². The molecule has 1 aliphatic heterocycles. The van der Waals surface area contributed by atoms with Gasteiger partial charge in [-0.3, -0.25) is 4.79 Å². The van der Waals surface area contributed by atoms with Gasteiger partial charge in [-0.1, -0.05) is 30.3 Å². The maximum atomic E-state index is 11.3. The maximum absolute atomic E-state index is 11.3. The first kappa shape index (κ1) is 16.9. The number of hydrogen-bond acceptors (Lipinski definition) is 6. The molecule has 1 amide bonds. The fourth-order valence-corrected chi connectivity index (χ4v) is 2.44. The summed E-state index contributed by atoms with van der Waals surface area (Å²) in [4.78, 5) is 11.3. The Balaban J connectivity index is 2.10. The second-order valence-corrected chi connectivity index (χ2v) is 5.23. The van der Waals surface area contributed by atoms with Crippen molar-refractivity contribution < 1.29 is 29.6 Å². The highest BCUT2D eigenvalue weighted by Gasteiger charge is 2.45. The molecule has 4 N–H and O–H groups in total. The largest absolute Gasteiger partial charge is 0.394 e. The topological polar surface area (TPSA) is 108 Å². The van der Waals surface area contributed by atoms with Crippen LogP contribution in [0.5, 0.6) is 0 Å². The molecule has 122 valence electrons. The molecule has 0 unspecified atom stereocenters. The predicted molar refractivity (Wildman–Crippen MR) is 76.6 cm³/mol. The van der Waals surface area contributed by atoms with Crippen molar-refractivity contribution in [2.45, 2.75) is 44.2 Å². The number of hydrogen-bond donors (Lipinski definition) is 4. The van der Waals surface area contributed by atoms with Crippen molar-refractivity contribution in [3.63, 3.8) is 0 Å². The highest BCUT2D eigenvalue weighted by atomic mass is 16.6. The van der Waals surface area contributed by atoms with Crippen LogP contribution >= 0.6 is 0 Å². The van der Waals surface area contributed by atoms with Gasteiger partial charge in [0.05, 0.1) is 13.2 Å². The Bertz CT molecular complexity index is 482. The van der Waals surface area contributed by atoms with Crippen LogP contribution in [0, 0.1) is 0 Å². The number of carbonyl (C=O) groups excluding carboxylic acids is 1. The Morgan fingerprint density at radius 1 is 1.32 bits per heavy atom. The van der Waals surface area contributed by atoms with Crippen LogP contribution in [0.25, 0.3) is 0 Å². The van der Waals surface area contributed by atoms with Gasteiger partial charge in [-0.05, 0) is 5.56 Å². The Kier molecular flexibility index (Phi) is 5.87. The Morgan fingerprint density at radius 3 is 2.59 bits per heavy atom. The van der Waals surface area contributed by atoms with Crippen molar-refractivity contribution in [2.24, 2.45) is 0 Å². The zero-order valence-corrected chi connectivity index (χ0v) is 12.3. The van der Waals surface area contributed by atoms with E-state index in [-0.39, 0.29) is 12.5 Å². The van der Waals surface area contributed by atoms with E-state index >= 15 is 0 Å². The molecule has 5 atom stereocenters. The van der Waals surface area contributed by atoms with Crippen molar-refractivity contribution in [2.75, 3.05) is 6.61 Å². The molecule has 22 heavy (non-hydrogen) atoms. The van der Waals surface area contributed by atoms with Crippen LogP contribution in [0.3, 0.4) is 0 Å². The summed E-state index contributed by atoms with van der Waals surface area (Å²) in [5.41, 5.74) is 0.887. The van der Waals surface area contributed by atoms with E-state index in [9.17, 15) is 20.1 Å². The third kappa shape index (κ3) is 4.02. The minimum Gasteiger partial charge on any atom is -0.394 e. The first-order valence-electron chi connectivity index (χ1n) is 7.08. The van der Waals surface area contributed by atoms with Gasteiger partial charge < -0.3 is 30.1 Å². The SMILES string of the molecule is CC(=O)N[C@H]1[C@@H](OCc2ccccc2)[C@H](O)[C@H](CO)O[C@H]1O. The molecule has 7 nitrogen and oxygen atoms in total. The van der Waals surface area contributed by atoms with Crippen LogP contribution < -0.4 is 5.32 Å². The molecule has 1 aromatic rings. The lowest BCUT2D eigenvalue weighted by atomic mass is 9.96. The van der Waals surface area contributed by atoms with E-state index in [1.807, 2.05) is 30.3 Å². The number of aliphatic hydroxyl groups is 3. The average Bonchev–Trinajstić information content (AvgIpc) is 2.50. The lowest BCUT2D eigenvalue weighted by Crippen LogP contribution is -2.64. The number of aliphatic hydroxyl groups excluding tert-OH is 3. The van der Waals surface area contributed by atoms with Gasteiger partial charge in [-0.2, -0.15) is 0 Å². The summed E-state index contributed by atoms with van der Waals surface area (Å²) in [6, 6.07) is 8.39. The van der Waals surface area contributed by atoms with E-state index in [0.29, 0.717) is 0 Å². The second-order valence-electron chi connectivity index (χ2n) is 5.23. The fraction of sp³-hybridized carbons (Fsp3) is 0.533. The van der Waals surface area contributed by atoms with Crippen LogP contribution in [0.15, 0.2) is 30.3 Å². The summed E-state index contributed by atoms with van der Waals surface area (Å²) in [5.74, 6) is -0.379. The summed E-state index contributed by atoms with van der Waals surface area (Å²) in [7, 11) is 0. The first-order chi connectivity index (χ1) is 10.5. The summed E-state index contributed by atoms with van der Waals surface area (Å²) >= 11 is 0. The van der Waals surface area contributed by atoms with Crippen molar-refractivity contribution in [1.82, 2.24) is 5.32 Å². The van der Waals surface area contributed by atoms with Gasteiger partial charge in [0, 0.05) is 6.92 Å². The van der Waals surface area contributed by atoms with Crippen LogP contribution in [0.4, 0.5) is 0 Å². The Hall–Kier alpha value is -1.51. The maximum Gasteiger partial charge on any atom is 0.217 e. The molecule has 1 saturated heterocycles. The van der Waals surface area contributed by atoms with Gasteiger partial charge in [-0.15, -0.1) is 0 Å². The highest BCUT2D eigenvalue weighted by Crippen LogP contribution is 2.23. The molecule has 0 aliphatic carbocycles. The van der Waals surface area contributed by atoms with Gasteiger partial charge in [0.15, 0.2) is 6.29 Å². The molecule has 2 rings (SSSR count). The number of nitrogens with one attached hydrogen (secondary N) is 1.